The van der Waals surface area contributed by atoms with Gasteiger partial charge in [-0.05, 0) is 35.0 Å². The molecule has 0 atom stereocenters. The minimum Gasteiger partial charge on any atom is -0.434 e. The highest BCUT2D eigenvalue weighted by molar-refractivity contribution is 5.84. The van der Waals surface area contributed by atoms with Crippen LogP contribution in [0.1, 0.15) is 5.56 Å². The second-order valence-corrected chi connectivity index (χ2v) is 6.41. The first-order valence-electron chi connectivity index (χ1n) is 8.92. The first kappa shape index (κ1) is 20.1. The zero-order chi connectivity index (χ0) is 22.0. The monoisotopic (exact) mass is 426 g/mol. The van der Waals surface area contributed by atoms with E-state index in [4.69, 9.17) is 4.74 Å². The molecule has 0 amide bonds. The quantitative estimate of drug-likeness (QED) is 0.307. The topological polar surface area (TPSA) is 90.2 Å². The Morgan fingerprint density at radius 3 is 2.39 bits per heavy atom. The Morgan fingerprint density at radius 2 is 1.65 bits per heavy atom. The molecule has 10 heteroatoms. The van der Waals surface area contributed by atoms with Crippen molar-refractivity contribution in [3.8, 4) is 11.6 Å². The van der Waals surface area contributed by atoms with E-state index >= 15 is 0 Å². The summed E-state index contributed by atoms with van der Waals surface area (Å²) >= 11 is 0. The Hall–Kier alpha value is -4.21. The molecule has 4 aromatic rings. The van der Waals surface area contributed by atoms with Gasteiger partial charge in [0, 0.05) is 0 Å². The Bertz CT molecular complexity index is 1280. The third kappa shape index (κ3) is 4.22. The summed E-state index contributed by atoms with van der Waals surface area (Å²) in [5.41, 5.74) is -2.05. The predicted molar refractivity (Wildman–Crippen MR) is 107 cm³/mol. The fourth-order valence-electron chi connectivity index (χ4n) is 3.00. The van der Waals surface area contributed by atoms with Gasteiger partial charge in [-0.25, -0.2) is 4.98 Å². The highest BCUT2D eigenvalue weighted by Gasteiger charge is 2.34. The number of ether oxygens (including phenoxy) is 1. The summed E-state index contributed by atoms with van der Waals surface area (Å²) in [5, 5.41) is 15.9. The van der Waals surface area contributed by atoms with Gasteiger partial charge in [0.05, 0.1) is 16.2 Å². The van der Waals surface area contributed by atoms with Gasteiger partial charge in [0.15, 0.2) is 0 Å². The summed E-state index contributed by atoms with van der Waals surface area (Å²) in [7, 11) is 0. The summed E-state index contributed by atoms with van der Waals surface area (Å²) in [6.07, 6.45) is -3.68. The molecule has 4 rings (SSSR count). The average molecular weight is 426 g/mol. The lowest BCUT2D eigenvalue weighted by molar-refractivity contribution is -0.385. The van der Waals surface area contributed by atoms with Crippen molar-refractivity contribution >= 4 is 28.0 Å². The number of hydrogen-bond acceptors (Lipinski definition) is 6. The van der Waals surface area contributed by atoms with E-state index in [1.54, 1.807) is 18.2 Å². The molecule has 7 nitrogen and oxygen atoms in total. The number of nitro groups is 1. The van der Waals surface area contributed by atoms with Gasteiger partial charge < -0.3 is 10.1 Å². The lowest BCUT2D eigenvalue weighted by Crippen LogP contribution is -2.10. The Kier molecular flexibility index (Phi) is 5.12. The maximum absolute atomic E-state index is 13.3. The second-order valence-electron chi connectivity index (χ2n) is 6.41. The smallest absolute Gasteiger partial charge is 0.418 e. The van der Waals surface area contributed by atoms with Crippen molar-refractivity contribution < 1.29 is 22.8 Å². The molecule has 0 fully saturated rings. The molecule has 31 heavy (non-hydrogen) atoms. The number of halogens is 3. The summed E-state index contributed by atoms with van der Waals surface area (Å²) in [5.74, 6) is -0.545. The first-order valence-corrected chi connectivity index (χ1v) is 8.92. The Labute approximate surface area is 173 Å². The summed E-state index contributed by atoms with van der Waals surface area (Å²) in [6, 6.07) is 17.1. The molecule has 0 saturated heterocycles. The number of fused-ring (bicyclic) bond motifs is 1. The molecule has 1 N–H and O–H groups in total. The van der Waals surface area contributed by atoms with Crippen molar-refractivity contribution in [2.75, 3.05) is 5.32 Å². The molecule has 1 aromatic heterocycles. The number of nitrogens with one attached hydrogen (secondary N) is 1. The molecule has 0 aliphatic heterocycles. The molecule has 0 saturated carbocycles. The van der Waals surface area contributed by atoms with Crippen LogP contribution < -0.4 is 10.1 Å². The number of nitrogens with zero attached hydrogens (tertiary/aromatic N) is 3. The van der Waals surface area contributed by atoms with E-state index in [0.29, 0.717) is 0 Å². The van der Waals surface area contributed by atoms with Gasteiger partial charge in [-0.2, -0.15) is 18.2 Å². The molecule has 156 valence electrons. The Balaban J connectivity index is 1.73. The van der Waals surface area contributed by atoms with Crippen LogP contribution in [-0.4, -0.2) is 14.9 Å². The van der Waals surface area contributed by atoms with E-state index in [0.717, 1.165) is 29.2 Å². The van der Waals surface area contributed by atoms with E-state index in [1.807, 2.05) is 24.3 Å². The van der Waals surface area contributed by atoms with Crippen molar-refractivity contribution in [3.63, 3.8) is 0 Å². The maximum atomic E-state index is 13.3. The van der Waals surface area contributed by atoms with Gasteiger partial charge in [0.25, 0.3) is 0 Å². The number of rotatable bonds is 5. The zero-order valence-corrected chi connectivity index (χ0v) is 15.6. The predicted octanol–water partition coefficient (Wildman–Crippen LogP) is 6.09. The zero-order valence-electron chi connectivity index (χ0n) is 15.6. The minimum absolute atomic E-state index is 0.280. The molecule has 0 spiro atoms. The van der Waals surface area contributed by atoms with Gasteiger partial charge >= 0.3 is 17.7 Å². The van der Waals surface area contributed by atoms with Crippen molar-refractivity contribution in [1.82, 2.24) is 9.97 Å². The van der Waals surface area contributed by atoms with Crippen molar-refractivity contribution in [3.05, 3.63) is 88.7 Å². The number of benzene rings is 3. The van der Waals surface area contributed by atoms with Crippen LogP contribution in [0.15, 0.2) is 73.1 Å². The number of alkyl halides is 3. The van der Waals surface area contributed by atoms with E-state index in [2.05, 4.69) is 15.3 Å². The lowest BCUT2D eigenvalue weighted by Gasteiger charge is -2.14. The fourth-order valence-corrected chi connectivity index (χ4v) is 3.00. The van der Waals surface area contributed by atoms with Crippen LogP contribution in [0.25, 0.3) is 10.8 Å². The van der Waals surface area contributed by atoms with E-state index in [9.17, 15) is 23.3 Å². The number of anilines is 2. The standard InChI is InChI=1S/C21H13F3N4O3/c22-21(23,24)16-7-3-4-8-17(16)27-19-18(28(29)30)20(26-12-25-19)31-15-10-9-13-5-1-2-6-14(13)11-15/h1-12H,(H,25,26,27). The van der Waals surface area contributed by atoms with Crippen LogP contribution in [0.3, 0.4) is 0 Å². The normalized spacial score (nSPS) is 11.3. The molecule has 0 aliphatic carbocycles. The van der Waals surface area contributed by atoms with E-state index in [-0.39, 0.29) is 11.4 Å². The first-order chi connectivity index (χ1) is 14.8. The van der Waals surface area contributed by atoms with Gasteiger partial charge in [-0.1, -0.05) is 42.5 Å². The molecule has 0 unspecified atom stereocenters. The lowest BCUT2D eigenvalue weighted by atomic mass is 10.1. The SMILES string of the molecule is O=[N+]([O-])c1c(Nc2ccccc2C(F)(F)F)ncnc1Oc1ccc2ccccc2c1. The third-order valence-electron chi connectivity index (χ3n) is 4.39. The molecule has 0 radical (unpaired) electrons. The molecule has 3 aromatic carbocycles. The van der Waals surface area contributed by atoms with Gasteiger partial charge in [0.2, 0.25) is 5.82 Å². The number of hydrogen-bond donors (Lipinski definition) is 1. The average Bonchev–Trinajstić information content (AvgIpc) is 2.73. The molecular weight excluding hydrogens is 413 g/mol. The fraction of sp³-hybridized carbons (Fsp3) is 0.0476. The van der Waals surface area contributed by atoms with Crippen molar-refractivity contribution in [2.24, 2.45) is 0 Å². The van der Waals surface area contributed by atoms with Crippen LogP contribution >= 0.6 is 0 Å². The molecule has 0 aliphatic rings. The van der Waals surface area contributed by atoms with Crippen LogP contribution in [-0.2, 0) is 6.18 Å². The van der Waals surface area contributed by atoms with E-state index in [1.165, 1.54) is 12.1 Å². The Morgan fingerprint density at radius 1 is 0.935 bits per heavy atom. The van der Waals surface area contributed by atoms with Crippen molar-refractivity contribution in [2.45, 2.75) is 6.18 Å². The number of aromatic nitrogens is 2. The molecular formula is C21H13F3N4O3. The van der Waals surface area contributed by atoms with Gasteiger partial charge in [-0.3, -0.25) is 10.1 Å². The summed E-state index contributed by atoms with van der Waals surface area (Å²) in [4.78, 5) is 18.5. The maximum Gasteiger partial charge on any atom is 0.418 e. The largest absolute Gasteiger partial charge is 0.434 e. The van der Waals surface area contributed by atoms with Crippen LogP contribution in [0, 0.1) is 10.1 Å². The van der Waals surface area contributed by atoms with Gasteiger partial charge in [-0.15, -0.1) is 0 Å². The highest BCUT2D eigenvalue weighted by atomic mass is 19.4. The van der Waals surface area contributed by atoms with Crippen LogP contribution in [0.4, 0.5) is 30.4 Å². The molecule has 0 bridgehead atoms. The van der Waals surface area contributed by atoms with Crippen molar-refractivity contribution in [1.29, 1.82) is 0 Å². The van der Waals surface area contributed by atoms with Gasteiger partial charge in [0.1, 0.15) is 12.1 Å². The minimum atomic E-state index is -4.66. The summed E-state index contributed by atoms with van der Waals surface area (Å²) < 4.78 is 45.4. The third-order valence-corrected chi connectivity index (χ3v) is 4.39. The van der Waals surface area contributed by atoms with Crippen LogP contribution in [0.2, 0.25) is 0 Å². The van der Waals surface area contributed by atoms with E-state index < -0.39 is 34.0 Å². The van der Waals surface area contributed by atoms with Crippen LogP contribution in [0.5, 0.6) is 11.6 Å². The molecule has 1 heterocycles. The number of para-hydroxylation sites is 1. The second kappa shape index (κ2) is 7.90. The summed E-state index contributed by atoms with van der Waals surface area (Å²) in [6.45, 7) is 0. The highest BCUT2D eigenvalue weighted by Crippen LogP contribution is 2.39.